The first kappa shape index (κ1) is 23.0. The molecule has 1 N–H and O–H groups in total. The first-order valence-corrected chi connectivity index (χ1v) is 11.6. The zero-order chi connectivity index (χ0) is 23.9. The first-order valence-electron chi connectivity index (χ1n) is 11.6. The predicted octanol–water partition coefficient (Wildman–Crippen LogP) is 4.17. The SMILES string of the molecule is COc1ccc(CN2C(=O)CNC2=O)cc1-c1cc2c(cc1C)N(C(C)C)CCN2C(C)C. The van der Waals surface area contributed by atoms with Gasteiger partial charge in [-0.25, -0.2) is 4.79 Å². The second-order valence-electron chi connectivity index (χ2n) is 9.40. The van der Waals surface area contributed by atoms with E-state index >= 15 is 0 Å². The average molecular weight is 451 g/mol. The second kappa shape index (κ2) is 8.96. The third-order valence-electron chi connectivity index (χ3n) is 6.60. The fraction of sp³-hybridized carbons (Fsp3) is 0.462. The van der Waals surface area contributed by atoms with Crippen LogP contribution in [0.5, 0.6) is 5.75 Å². The molecule has 1 saturated heterocycles. The van der Waals surface area contributed by atoms with Crippen LogP contribution in [0.2, 0.25) is 0 Å². The predicted molar refractivity (Wildman–Crippen MR) is 132 cm³/mol. The molecule has 2 aliphatic heterocycles. The number of benzene rings is 2. The Balaban J connectivity index is 1.80. The fourth-order valence-corrected chi connectivity index (χ4v) is 4.82. The van der Waals surface area contributed by atoms with Gasteiger partial charge >= 0.3 is 6.03 Å². The van der Waals surface area contributed by atoms with Gasteiger partial charge in [0.05, 0.1) is 31.6 Å². The summed E-state index contributed by atoms with van der Waals surface area (Å²) in [5.74, 6) is 0.565. The minimum atomic E-state index is -0.344. The highest BCUT2D eigenvalue weighted by atomic mass is 16.5. The number of nitrogens with one attached hydrogen (secondary N) is 1. The van der Waals surface area contributed by atoms with Gasteiger partial charge < -0.3 is 19.9 Å². The Morgan fingerprint density at radius 3 is 2.12 bits per heavy atom. The molecule has 33 heavy (non-hydrogen) atoms. The van der Waals surface area contributed by atoms with E-state index in [1.165, 1.54) is 16.3 Å². The molecule has 2 aliphatic rings. The summed E-state index contributed by atoms with van der Waals surface area (Å²) in [5.41, 5.74) is 6.61. The van der Waals surface area contributed by atoms with Crippen LogP contribution in [0.1, 0.15) is 38.8 Å². The third-order valence-corrected chi connectivity index (χ3v) is 6.60. The number of methoxy groups -OCH3 is 1. The van der Waals surface area contributed by atoms with Crippen LogP contribution in [0.3, 0.4) is 0 Å². The minimum absolute atomic E-state index is 0.0587. The Kier molecular flexibility index (Phi) is 6.23. The summed E-state index contributed by atoms with van der Waals surface area (Å²) in [6, 6.07) is 10.9. The van der Waals surface area contributed by atoms with Crippen molar-refractivity contribution in [3.63, 3.8) is 0 Å². The van der Waals surface area contributed by atoms with E-state index in [0.29, 0.717) is 12.1 Å². The Morgan fingerprint density at radius 2 is 1.58 bits per heavy atom. The average Bonchev–Trinajstić information content (AvgIpc) is 3.09. The molecule has 176 valence electrons. The lowest BCUT2D eigenvalue weighted by Crippen LogP contribution is -2.46. The largest absolute Gasteiger partial charge is 0.496 e. The highest BCUT2D eigenvalue weighted by Gasteiger charge is 2.30. The molecule has 0 radical (unpaired) electrons. The summed E-state index contributed by atoms with van der Waals surface area (Å²) in [6.07, 6.45) is 0. The molecule has 1 fully saturated rings. The van der Waals surface area contributed by atoms with Crippen LogP contribution < -0.4 is 19.9 Å². The molecule has 2 aromatic rings. The van der Waals surface area contributed by atoms with Gasteiger partial charge in [-0.1, -0.05) is 6.07 Å². The van der Waals surface area contributed by atoms with Gasteiger partial charge in [-0.05, 0) is 75.6 Å². The Bertz CT molecular complexity index is 1060. The number of imide groups is 1. The summed E-state index contributed by atoms with van der Waals surface area (Å²) in [6.45, 7) is 13.4. The molecule has 0 atom stereocenters. The van der Waals surface area contributed by atoms with Crippen molar-refractivity contribution in [2.75, 3.05) is 36.5 Å². The van der Waals surface area contributed by atoms with Gasteiger partial charge in [0.2, 0.25) is 5.91 Å². The molecule has 0 unspecified atom stereocenters. The van der Waals surface area contributed by atoms with Crippen molar-refractivity contribution < 1.29 is 14.3 Å². The van der Waals surface area contributed by atoms with Crippen LogP contribution in [0.4, 0.5) is 16.2 Å². The molecule has 7 heteroatoms. The Labute approximate surface area is 196 Å². The van der Waals surface area contributed by atoms with Gasteiger partial charge in [0, 0.05) is 30.7 Å². The Hall–Kier alpha value is -3.22. The number of hydrogen-bond acceptors (Lipinski definition) is 5. The summed E-state index contributed by atoms with van der Waals surface area (Å²) in [5, 5.41) is 2.58. The number of hydrogen-bond donors (Lipinski definition) is 1. The van der Waals surface area contributed by atoms with E-state index in [-0.39, 0.29) is 25.0 Å². The number of nitrogens with zero attached hydrogens (tertiary/aromatic N) is 3. The highest BCUT2D eigenvalue weighted by molar-refractivity contribution is 6.01. The number of carbonyl (C=O) groups is 2. The van der Waals surface area contributed by atoms with Crippen LogP contribution in [0, 0.1) is 6.92 Å². The maximum atomic E-state index is 12.1. The second-order valence-corrected chi connectivity index (χ2v) is 9.40. The van der Waals surface area contributed by atoms with E-state index in [0.717, 1.165) is 41.1 Å². The third kappa shape index (κ3) is 4.24. The number of urea groups is 1. The van der Waals surface area contributed by atoms with Crippen LogP contribution in [-0.4, -0.2) is 55.7 Å². The molecular formula is C26H34N4O3. The van der Waals surface area contributed by atoms with Crippen molar-refractivity contribution in [3.8, 4) is 16.9 Å². The number of carbonyl (C=O) groups excluding carboxylic acids is 2. The van der Waals surface area contributed by atoms with Crippen molar-refractivity contribution in [2.45, 2.75) is 53.2 Å². The molecule has 2 heterocycles. The van der Waals surface area contributed by atoms with E-state index in [2.05, 4.69) is 61.9 Å². The van der Waals surface area contributed by atoms with Gasteiger partial charge in [0.15, 0.2) is 0 Å². The van der Waals surface area contributed by atoms with Crippen LogP contribution >= 0.6 is 0 Å². The number of fused-ring (bicyclic) bond motifs is 1. The van der Waals surface area contributed by atoms with Gasteiger partial charge in [0.1, 0.15) is 5.75 Å². The number of ether oxygens (including phenoxy) is 1. The van der Waals surface area contributed by atoms with E-state index < -0.39 is 0 Å². The van der Waals surface area contributed by atoms with Crippen molar-refractivity contribution in [1.29, 1.82) is 0 Å². The Morgan fingerprint density at radius 1 is 0.939 bits per heavy atom. The standard InChI is InChI=1S/C26H34N4O3/c1-16(2)28-9-10-29(17(3)4)23-13-20(18(5)11-22(23)28)21-12-19(7-8-24(21)33-6)15-30-25(31)14-27-26(30)32/h7-8,11-13,16-17H,9-10,14-15H2,1-6H3,(H,27,32). The topological polar surface area (TPSA) is 65.1 Å². The zero-order valence-corrected chi connectivity index (χ0v) is 20.4. The van der Waals surface area contributed by atoms with E-state index in [1.54, 1.807) is 7.11 Å². The molecule has 2 aromatic carbocycles. The molecule has 7 nitrogen and oxygen atoms in total. The van der Waals surface area contributed by atoms with Gasteiger partial charge in [-0.15, -0.1) is 0 Å². The summed E-state index contributed by atoms with van der Waals surface area (Å²) < 4.78 is 5.72. The molecule has 0 aromatic heterocycles. The summed E-state index contributed by atoms with van der Waals surface area (Å²) in [7, 11) is 1.67. The molecule has 0 saturated carbocycles. The molecule has 4 rings (SSSR count). The normalized spacial score (nSPS) is 16.1. The van der Waals surface area contributed by atoms with Gasteiger partial charge in [-0.3, -0.25) is 9.69 Å². The minimum Gasteiger partial charge on any atom is -0.496 e. The maximum absolute atomic E-state index is 12.1. The molecule has 0 bridgehead atoms. The highest BCUT2D eigenvalue weighted by Crippen LogP contribution is 2.43. The lowest BCUT2D eigenvalue weighted by Gasteiger charge is -2.43. The smallest absolute Gasteiger partial charge is 0.324 e. The number of rotatable bonds is 6. The number of amides is 3. The van der Waals surface area contributed by atoms with E-state index in [9.17, 15) is 9.59 Å². The summed E-state index contributed by atoms with van der Waals surface area (Å²) in [4.78, 5) is 30.3. The van der Waals surface area contributed by atoms with Crippen molar-refractivity contribution >= 4 is 23.3 Å². The lowest BCUT2D eigenvalue weighted by molar-refractivity contribution is -0.125. The van der Waals surface area contributed by atoms with Crippen LogP contribution in [-0.2, 0) is 11.3 Å². The molecule has 0 spiro atoms. The van der Waals surface area contributed by atoms with Gasteiger partial charge in [0.25, 0.3) is 0 Å². The number of anilines is 2. The van der Waals surface area contributed by atoms with Crippen molar-refractivity contribution in [3.05, 3.63) is 41.5 Å². The molecular weight excluding hydrogens is 416 g/mol. The van der Waals surface area contributed by atoms with E-state index in [4.69, 9.17) is 4.74 Å². The maximum Gasteiger partial charge on any atom is 0.324 e. The molecule has 0 aliphatic carbocycles. The summed E-state index contributed by atoms with van der Waals surface area (Å²) >= 11 is 0. The zero-order valence-electron chi connectivity index (χ0n) is 20.4. The lowest BCUT2D eigenvalue weighted by atomic mass is 9.94. The quantitative estimate of drug-likeness (QED) is 0.670. The number of aryl methyl sites for hydroxylation is 1. The fourth-order valence-electron chi connectivity index (χ4n) is 4.82. The monoisotopic (exact) mass is 450 g/mol. The van der Waals surface area contributed by atoms with Gasteiger partial charge in [-0.2, -0.15) is 0 Å². The molecule has 3 amide bonds. The van der Waals surface area contributed by atoms with Crippen LogP contribution in [0.25, 0.3) is 11.1 Å². The van der Waals surface area contributed by atoms with Crippen molar-refractivity contribution in [2.24, 2.45) is 0 Å². The van der Waals surface area contributed by atoms with Crippen LogP contribution in [0.15, 0.2) is 30.3 Å². The van der Waals surface area contributed by atoms with E-state index in [1.807, 2.05) is 18.2 Å². The first-order chi connectivity index (χ1) is 15.7. The van der Waals surface area contributed by atoms with Crippen molar-refractivity contribution in [1.82, 2.24) is 10.2 Å².